The first-order valence-corrected chi connectivity index (χ1v) is 10.3. The van der Waals surface area contributed by atoms with Crippen molar-refractivity contribution < 1.29 is 14.3 Å². The second-order valence-corrected chi connectivity index (χ2v) is 7.68. The Kier molecular flexibility index (Phi) is 5.87. The van der Waals surface area contributed by atoms with E-state index in [1.165, 1.54) is 27.9 Å². The number of ether oxygens (including phenoxy) is 2. The maximum absolute atomic E-state index is 12.2. The summed E-state index contributed by atoms with van der Waals surface area (Å²) in [4.78, 5) is 16.2. The Balaban J connectivity index is 1.39. The quantitative estimate of drug-likeness (QED) is 0.532. The third kappa shape index (κ3) is 4.39. The van der Waals surface area contributed by atoms with Gasteiger partial charge in [0.1, 0.15) is 24.7 Å². The van der Waals surface area contributed by atoms with Crippen molar-refractivity contribution in [2.24, 2.45) is 10.1 Å². The van der Waals surface area contributed by atoms with Gasteiger partial charge in [0.05, 0.1) is 16.1 Å². The number of rotatable bonds is 6. The summed E-state index contributed by atoms with van der Waals surface area (Å²) in [5, 5.41) is 14.3. The molecule has 0 spiro atoms. The van der Waals surface area contributed by atoms with Crippen LogP contribution < -0.4 is 9.47 Å². The van der Waals surface area contributed by atoms with Gasteiger partial charge in [0, 0.05) is 0 Å². The molecule has 0 aliphatic carbocycles. The molecule has 0 aromatic heterocycles. The molecule has 0 unspecified atom stereocenters. The summed E-state index contributed by atoms with van der Waals surface area (Å²) in [7, 11) is 0. The van der Waals surface area contributed by atoms with Crippen LogP contribution in [-0.4, -0.2) is 40.7 Å². The van der Waals surface area contributed by atoms with E-state index in [2.05, 4.69) is 10.1 Å². The standard InChI is InChI=1S/C21H17ClN4O3S/c1-13-2-5-15(6-3-13)28-8-9-29-18-7-4-14(11-17(18)22)10-16-19(23)26-21(25-20(16)27)30-12-24-26/h2-7,10-12,23H,8-9H2,1H3/b16-10-,23-19?. The lowest BCUT2D eigenvalue weighted by molar-refractivity contribution is -0.114. The lowest BCUT2D eigenvalue weighted by Crippen LogP contribution is -2.35. The largest absolute Gasteiger partial charge is 0.490 e. The predicted octanol–water partition coefficient (Wildman–Crippen LogP) is 4.36. The molecule has 2 aliphatic heterocycles. The van der Waals surface area contributed by atoms with E-state index in [0.29, 0.717) is 34.7 Å². The minimum Gasteiger partial charge on any atom is -0.490 e. The van der Waals surface area contributed by atoms with E-state index >= 15 is 0 Å². The van der Waals surface area contributed by atoms with Gasteiger partial charge in [0.2, 0.25) is 0 Å². The van der Waals surface area contributed by atoms with Gasteiger partial charge in [-0.3, -0.25) is 10.2 Å². The molecule has 4 rings (SSSR count). The Labute approximate surface area is 182 Å². The third-order valence-electron chi connectivity index (χ3n) is 4.29. The van der Waals surface area contributed by atoms with Gasteiger partial charge in [0.25, 0.3) is 5.91 Å². The number of carbonyl (C=O) groups excluding carboxylic acids is 1. The number of hydrazone groups is 1. The highest BCUT2D eigenvalue weighted by Crippen LogP contribution is 2.29. The summed E-state index contributed by atoms with van der Waals surface area (Å²) in [5.74, 6) is 0.797. The Bertz CT molecular complexity index is 1100. The highest BCUT2D eigenvalue weighted by Gasteiger charge is 2.32. The van der Waals surface area contributed by atoms with Crippen LogP contribution in [0.5, 0.6) is 11.5 Å². The van der Waals surface area contributed by atoms with Gasteiger partial charge in [-0.2, -0.15) is 15.1 Å². The van der Waals surface area contributed by atoms with Crippen LogP contribution in [0.15, 0.2) is 58.1 Å². The van der Waals surface area contributed by atoms with Crippen molar-refractivity contribution >= 4 is 51.9 Å². The van der Waals surface area contributed by atoms with Gasteiger partial charge in [-0.25, -0.2) is 0 Å². The Hall–Kier alpha value is -3.10. The van der Waals surface area contributed by atoms with Crippen LogP contribution in [0.25, 0.3) is 6.08 Å². The monoisotopic (exact) mass is 440 g/mol. The first kappa shape index (κ1) is 20.2. The summed E-state index contributed by atoms with van der Waals surface area (Å²) in [6, 6.07) is 12.9. The van der Waals surface area contributed by atoms with Crippen LogP contribution in [0.1, 0.15) is 11.1 Å². The van der Waals surface area contributed by atoms with Crippen LogP contribution in [0, 0.1) is 12.3 Å². The normalized spacial score (nSPS) is 16.7. The van der Waals surface area contributed by atoms with Gasteiger partial charge in [-0.15, -0.1) is 0 Å². The minimum absolute atomic E-state index is 0.0176. The molecule has 7 nitrogen and oxygen atoms in total. The molecule has 0 saturated heterocycles. The zero-order valence-electron chi connectivity index (χ0n) is 16.0. The number of hydrogen-bond donors (Lipinski definition) is 1. The molecule has 30 heavy (non-hydrogen) atoms. The van der Waals surface area contributed by atoms with Crippen LogP contribution in [0.3, 0.4) is 0 Å². The van der Waals surface area contributed by atoms with Gasteiger partial charge < -0.3 is 9.47 Å². The van der Waals surface area contributed by atoms with E-state index < -0.39 is 5.91 Å². The summed E-state index contributed by atoms with van der Waals surface area (Å²) < 4.78 is 11.3. The molecular formula is C21H17ClN4O3S. The maximum Gasteiger partial charge on any atom is 0.283 e. The third-order valence-corrected chi connectivity index (χ3v) is 5.26. The highest BCUT2D eigenvalue weighted by molar-refractivity contribution is 8.25. The van der Waals surface area contributed by atoms with Crippen LogP contribution in [0.4, 0.5) is 0 Å². The summed E-state index contributed by atoms with van der Waals surface area (Å²) >= 11 is 7.53. The number of halogens is 1. The number of thioether (sulfide) groups is 1. The predicted molar refractivity (Wildman–Crippen MR) is 120 cm³/mol. The highest BCUT2D eigenvalue weighted by atomic mass is 35.5. The smallest absolute Gasteiger partial charge is 0.283 e. The van der Waals surface area contributed by atoms with E-state index in [-0.39, 0.29) is 11.4 Å². The van der Waals surface area contributed by atoms with E-state index in [9.17, 15) is 4.79 Å². The van der Waals surface area contributed by atoms with Crippen molar-refractivity contribution in [2.45, 2.75) is 6.92 Å². The lowest BCUT2D eigenvalue weighted by Gasteiger charge is -2.20. The van der Waals surface area contributed by atoms with Crippen molar-refractivity contribution in [3.05, 3.63) is 64.2 Å². The molecule has 152 valence electrons. The number of nitrogens with one attached hydrogen (secondary N) is 1. The first-order chi connectivity index (χ1) is 14.5. The second kappa shape index (κ2) is 8.73. The van der Waals surface area contributed by atoms with Gasteiger partial charge in [-0.1, -0.05) is 35.4 Å². The molecule has 0 saturated carbocycles. The molecule has 2 aliphatic rings. The second-order valence-electron chi connectivity index (χ2n) is 6.46. The molecule has 2 heterocycles. The SMILES string of the molecule is Cc1ccc(OCCOc2ccc(/C=C3/C(=N)N4N=CSC4=NC3=O)cc2Cl)cc1. The van der Waals surface area contributed by atoms with E-state index in [4.69, 9.17) is 26.5 Å². The number of carbonyl (C=O) groups is 1. The number of aryl methyl sites for hydroxylation is 1. The average molecular weight is 441 g/mol. The number of hydrogen-bond acceptors (Lipinski definition) is 6. The van der Waals surface area contributed by atoms with Crippen molar-refractivity contribution in [1.29, 1.82) is 5.41 Å². The van der Waals surface area contributed by atoms with Crippen LogP contribution in [0.2, 0.25) is 5.02 Å². The number of amides is 1. The lowest BCUT2D eigenvalue weighted by atomic mass is 10.1. The van der Waals surface area contributed by atoms with Crippen LogP contribution >= 0.6 is 23.4 Å². The molecule has 2 aromatic rings. The molecule has 0 bridgehead atoms. The maximum atomic E-state index is 12.2. The fourth-order valence-electron chi connectivity index (χ4n) is 2.77. The summed E-state index contributed by atoms with van der Waals surface area (Å²) in [6.07, 6.45) is 1.57. The molecule has 1 N–H and O–H groups in total. The first-order valence-electron chi connectivity index (χ1n) is 9.06. The van der Waals surface area contributed by atoms with Crippen molar-refractivity contribution in [1.82, 2.24) is 5.01 Å². The van der Waals surface area contributed by atoms with Gasteiger partial charge in [-0.05, 0) is 54.6 Å². The zero-order valence-corrected chi connectivity index (χ0v) is 17.5. The van der Waals surface area contributed by atoms with Gasteiger partial charge in [0.15, 0.2) is 11.0 Å². The number of amidine groups is 2. The minimum atomic E-state index is -0.478. The number of nitrogens with zero attached hydrogens (tertiary/aromatic N) is 3. The molecule has 9 heteroatoms. The molecule has 2 aromatic carbocycles. The number of benzene rings is 2. The number of fused-ring (bicyclic) bond motifs is 1. The average Bonchev–Trinajstić information content (AvgIpc) is 3.19. The van der Waals surface area contributed by atoms with Gasteiger partial charge >= 0.3 is 0 Å². The fraction of sp³-hybridized carbons (Fsp3) is 0.143. The van der Waals surface area contributed by atoms with E-state index in [1.54, 1.807) is 24.3 Å². The molecular weight excluding hydrogens is 424 g/mol. The van der Waals surface area contributed by atoms with Crippen molar-refractivity contribution in [3.63, 3.8) is 0 Å². The number of aliphatic imine (C=N–C) groups is 1. The Morgan fingerprint density at radius 2 is 1.93 bits per heavy atom. The van der Waals surface area contributed by atoms with Crippen LogP contribution in [-0.2, 0) is 4.79 Å². The Morgan fingerprint density at radius 1 is 1.17 bits per heavy atom. The van der Waals surface area contributed by atoms with E-state index in [1.807, 2.05) is 31.2 Å². The molecule has 1 amide bonds. The molecule has 0 atom stereocenters. The van der Waals surface area contributed by atoms with E-state index in [0.717, 1.165) is 5.75 Å². The van der Waals surface area contributed by atoms with Crippen molar-refractivity contribution in [3.8, 4) is 11.5 Å². The zero-order chi connectivity index (χ0) is 21.1. The topological polar surface area (TPSA) is 87.3 Å². The molecule has 0 radical (unpaired) electrons. The fourth-order valence-corrected chi connectivity index (χ4v) is 3.63. The summed E-state index contributed by atoms with van der Waals surface area (Å²) in [6.45, 7) is 2.73. The summed E-state index contributed by atoms with van der Waals surface area (Å²) in [5.41, 5.74) is 3.51. The van der Waals surface area contributed by atoms with Crippen molar-refractivity contribution in [2.75, 3.05) is 13.2 Å². The Morgan fingerprint density at radius 3 is 2.70 bits per heavy atom. The molecule has 0 fully saturated rings.